The van der Waals surface area contributed by atoms with E-state index in [4.69, 9.17) is 5.73 Å². The summed E-state index contributed by atoms with van der Waals surface area (Å²) in [6, 6.07) is 0. The molecule has 0 unspecified atom stereocenters. The first-order valence-electron chi connectivity index (χ1n) is 5.80. The molecule has 0 bridgehead atoms. The van der Waals surface area contributed by atoms with E-state index in [0.717, 1.165) is 12.8 Å². The fraction of sp³-hybridized carbons (Fsp3) is 0.769. The molecule has 1 rings (SSSR count). The fourth-order valence-corrected chi connectivity index (χ4v) is 2.82. The van der Waals surface area contributed by atoms with Gasteiger partial charge >= 0.3 is 0 Å². The second-order valence-corrected chi connectivity index (χ2v) is 6.18. The lowest BCUT2D eigenvalue weighted by atomic mass is 9.71. The van der Waals surface area contributed by atoms with Crippen LogP contribution in [0.15, 0.2) is 12.2 Å². The van der Waals surface area contributed by atoms with Gasteiger partial charge in [-0.05, 0) is 53.5 Å². The molecule has 1 heterocycles. The number of hydrogen-bond acceptors (Lipinski definition) is 2. The Morgan fingerprint density at radius 1 is 1.25 bits per heavy atom. The molecule has 0 saturated carbocycles. The maximum absolute atomic E-state index is 11.2. The van der Waals surface area contributed by atoms with Crippen LogP contribution in [0, 0.1) is 5.92 Å². The summed E-state index contributed by atoms with van der Waals surface area (Å²) in [5, 5.41) is 0. The Kier molecular flexibility index (Phi) is 3.21. The van der Waals surface area contributed by atoms with Crippen molar-refractivity contribution < 1.29 is 4.79 Å². The minimum absolute atomic E-state index is 0.0742. The Hall–Kier alpha value is -0.830. The zero-order valence-corrected chi connectivity index (χ0v) is 11.1. The molecule has 0 radical (unpaired) electrons. The van der Waals surface area contributed by atoms with Gasteiger partial charge in [0.2, 0.25) is 5.91 Å². The minimum atomic E-state index is -0.360. The molecule has 1 aliphatic rings. The third-order valence-electron chi connectivity index (χ3n) is 4.12. The summed E-state index contributed by atoms with van der Waals surface area (Å²) in [5.41, 5.74) is 6.05. The van der Waals surface area contributed by atoms with Crippen LogP contribution in [0.4, 0.5) is 0 Å². The van der Waals surface area contributed by atoms with E-state index < -0.39 is 0 Å². The first kappa shape index (κ1) is 13.2. The molecule has 0 spiro atoms. The Morgan fingerprint density at radius 2 is 1.62 bits per heavy atom. The van der Waals surface area contributed by atoms with Crippen molar-refractivity contribution in [1.29, 1.82) is 0 Å². The number of carbonyl (C=O) groups is 1. The van der Waals surface area contributed by atoms with Gasteiger partial charge in [0.05, 0.1) is 0 Å². The van der Waals surface area contributed by atoms with E-state index in [1.165, 1.54) is 0 Å². The highest BCUT2D eigenvalue weighted by molar-refractivity contribution is 5.91. The smallest absolute Gasteiger partial charge is 0.244 e. The molecule has 3 heteroatoms. The fourth-order valence-electron chi connectivity index (χ4n) is 2.82. The lowest BCUT2D eigenvalue weighted by Gasteiger charge is -2.53. The molecule has 0 atom stereocenters. The molecule has 16 heavy (non-hydrogen) atoms. The van der Waals surface area contributed by atoms with Gasteiger partial charge in [0, 0.05) is 16.7 Å². The second-order valence-electron chi connectivity index (χ2n) is 6.18. The molecule has 1 fully saturated rings. The van der Waals surface area contributed by atoms with Crippen molar-refractivity contribution in [3.63, 3.8) is 0 Å². The van der Waals surface area contributed by atoms with E-state index in [1.54, 1.807) is 0 Å². The molecule has 2 N–H and O–H groups in total. The Morgan fingerprint density at radius 3 is 1.94 bits per heavy atom. The third kappa shape index (κ3) is 2.29. The molecule has 1 saturated heterocycles. The molecule has 1 amide bonds. The van der Waals surface area contributed by atoms with Crippen molar-refractivity contribution in [2.45, 2.75) is 51.6 Å². The number of carbonyl (C=O) groups excluding carboxylic acids is 1. The first-order chi connectivity index (χ1) is 7.08. The van der Waals surface area contributed by atoms with E-state index in [-0.39, 0.29) is 22.9 Å². The molecule has 0 aromatic carbocycles. The predicted molar refractivity (Wildman–Crippen MR) is 67.0 cm³/mol. The standard InChI is InChI=1S/C13H24N2O/c1-9(11(14)16)10-7-12(2,3)15(6)13(4,5)8-10/h10H,1,7-8H2,2-6H3,(H2,14,16). The van der Waals surface area contributed by atoms with Gasteiger partial charge < -0.3 is 5.73 Å². The van der Waals surface area contributed by atoms with Crippen molar-refractivity contribution in [3.8, 4) is 0 Å². The summed E-state index contributed by atoms with van der Waals surface area (Å²) in [6.45, 7) is 12.7. The molecule has 1 aliphatic heterocycles. The quantitative estimate of drug-likeness (QED) is 0.728. The number of primary amides is 1. The van der Waals surface area contributed by atoms with E-state index >= 15 is 0 Å². The van der Waals surface area contributed by atoms with Gasteiger partial charge in [0.25, 0.3) is 0 Å². The monoisotopic (exact) mass is 224 g/mol. The normalized spacial score (nSPS) is 25.3. The van der Waals surface area contributed by atoms with Gasteiger partial charge in [-0.25, -0.2) is 0 Å². The number of nitrogens with zero attached hydrogens (tertiary/aromatic N) is 1. The lowest BCUT2D eigenvalue weighted by molar-refractivity contribution is -0.115. The summed E-state index contributed by atoms with van der Waals surface area (Å²) in [4.78, 5) is 13.6. The average Bonchev–Trinajstić information content (AvgIpc) is 2.11. The molecule has 0 aromatic heterocycles. The minimum Gasteiger partial charge on any atom is -0.366 e. The SMILES string of the molecule is C=C(C(N)=O)C1CC(C)(C)N(C)C(C)(C)C1. The van der Waals surface area contributed by atoms with Crippen LogP contribution in [0.5, 0.6) is 0 Å². The van der Waals surface area contributed by atoms with Gasteiger partial charge in [-0.1, -0.05) is 6.58 Å². The van der Waals surface area contributed by atoms with Gasteiger partial charge in [-0.2, -0.15) is 0 Å². The summed E-state index contributed by atoms with van der Waals surface area (Å²) in [7, 11) is 2.14. The molecule has 3 nitrogen and oxygen atoms in total. The average molecular weight is 224 g/mol. The molecular weight excluding hydrogens is 200 g/mol. The summed E-state index contributed by atoms with van der Waals surface area (Å²) in [5.74, 6) is -0.153. The van der Waals surface area contributed by atoms with E-state index in [2.05, 4.69) is 46.2 Å². The van der Waals surface area contributed by atoms with Crippen LogP contribution < -0.4 is 5.73 Å². The third-order valence-corrected chi connectivity index (χ3v) is 4.12. The number of nitrogens with two attached hydrogens (primary N) is 1. The largest absolute Gasteiger partial charge is 0.366 e. The number of amides is 1. The molecule has 0 aliphatic carbocycles. The zero-order valence-electron chi connectivity index (χ0n) is 11.1. The Bertz CT molecular complexity index is 300. The Labute approximate surface area is 98.7 Å². The van der Waals surface area contributed by atoms with Crippen LogP contribution in [0.3, 0.4) is 0 Å². The Balaban J connectivity index is 2.95. The summed E-state index contributed by atoms with van der Waals surface area (Å²) in [6.07, 6.45) is 1.88. The van der Waals surface area contributed by atoms with E-state index in [0.29, 0.717) is 5.57 Å². The van der Waals surface area contributed by atoms with Crippen LogP contribution in [-0.2, 0) is 4.79 Å². The molecular formula is C13H24N2O. The van der Waals surface area contributed by atoms with Crippen LogP contribution in [0.2, 0.25) is 0 Å². The van der Waals surface area contributed by atoms with Crippen LogP contribution >= 0.6 is 0 Å². The van der Waals surface area contributed by atoms with Crippen LogP contribution in [-0.4, -0.2) is 28.9 Å². The molecule has 92 valence electrons. The highest BCUT2D eigenvalue weighted by atomic mass is 16.1. The topological polar surface area (TPSA) is 46.3 Å². The van der Waals surface area contributed by atoms with Crippen LogP contribution in [0.1, 0.15) is 40.5 Å². The number of hydrogen-bond donors (Lipinski definition) is 1. The van der Waals surface area contributed by atoms with Crippen molar-refractivity contribution in [2.24, 2.45) is 11.7 Å². The summed E-state index contributed by atoms with van der Waals surface area (Å²) >= 11 is 0. The number of piperidine rings is 1. The van der Waals surface area contributed by atoms with E-state index in [1.807, 2.05) is 0 Å². The summed E-state index contributed by atoms with van der Waals surface area (Å²) < 4.78 is 0. The highest BCUT2D eigenvalue weighted by Crippen LogP contribution is 2.42. The van der Waals surface area contributed by atoms with Crippen molar-refractivity contribution in [2.75, 3.05) is 7.05 Å². The first-order valence-corrected chi connectivity index (χ1v) is 5.80. The van der Waals surface area contributed by atoms with Gasteiger partial charge in [-0.15, -0.1) is 0 Å². The second kappa shape index (κ2) is 3.88. The molecule has 0 aromatic rings. The zero-order chi connectivity index (χ0) is 12.7. The van der Waals surface area contributed by atoms with Gasteiger partial charge in [0.1, 0.15) is 0 Å². The van der Waals surface area contributed by atoms with Gasteiger partial charge in [0.15, 0.2) is 0 Å². The maximum atomic E-state index is 11.2. The van der Waals surface area contributed by atoms with Crippen LogP contribution in [0.25, 0.3) is 0 Å². The van der Waals surface area contributed by atoms with E-state index in [9.17, 15) is 4.79 Å². The van der Waals surface area contributed by atoms with Crippen molar-refractivity contribution >= 4 is 5.91 Å². The lowest BCUT2D eigenvalue weighted by Crippen LogP contribution is -2.59. The van der Waals surface area contributed by atoms with Crippen molar-refractivity contribution in [3.05, 3.63) is 12.2 Å². The maximum Gasteiger partial charge on any atom is 0.244 e. The van der Waals surface area contributed by atoms with Gasteiger partial charge in [-0.3, -0.25) is 9.69 Å². The highest BCUT2D eigenvalue weighted by Gasteiger charge is 2.44. The number of rotatable bonds is 2. The van der Waals surface area contributed by atoms with Crippen molar-refractivity contribution in [1.82, 2.24) is 4.90 Å². The number of likely N-dealkylation sites (tertiary alicyclic amines) is 1. The predicted octanol–water partition coefficient (Wildman–Crippen LogP) is 1.93.